The average molecular weight is 391 g/mol. The fraction of sp³-hybridized carbons (Fsp3) is 0.444. The third-order valence-electron chi connectivity index (χ3n) is 3.94. The maximum atomic E-state index is 12.3. The summed E-state index contributed by atoms with van der Waals surface area (Å²) in [5, 5.41) is 11.7. The van der Waals surface area contributed by atoms with E-state index in [0.717, 1.165) is 17.1 Å². The number of carbonyl (C=O) groups excluding carboxylic acids is 2. The van der Waals surface area contributed by atoms with Gasteiger partial charge in [-0.3, -0.25) is 14.2 Å². The van der Waals surface area contributed by atoms with Crippen molar-refractivity contribution in [3.05, 3.63) is 24.3 Å². The van der Waals surface area contributed by atoms with E-state index in [-0.39, 0.29) is 30.2 Å². The fourth-order valence-corrected chi connectivity index (χ4v) is 3.40. The summed E-state index contributed by atoms with van der Waals surface area (Å²) in [5.74, 6) is 1.34. The topological polar surface area (TPSA) is 89.3 Å². The molecule has 27 heavy (non-hydrogen) atoms. The number of benzene rings is 1. The second kappa shape index (κ2) is 9.40. The van der Waals surface area contributed by atoms with Crippen molar-refractivity contribution in [1.29, 1.82) is 0 Å². The number of ether oxygens (including phenoxy) is 1. The van der Waals surface area contributed by atoms with Gasteiger partial charge in [0.25, 0.3) is 0 Å². The minimum Gasteiger partial charge on any atom is -0.497 e. The number of rotatable bonds is 8. The van der Waals surface area contributed by atoms with Crippen LogP contribution in [0, 0.1) is 0 Å². The molecule has 2 rings (SSSR count). The van der Waals surface area contributed by atoms with Gasteiger partial charge in [0.1, 0.15) is 5.75 Å². The zero-order valence-corrected chi connectivity index (χ0v) is 17.0. The minimum absolute atomic E-state index is 0.0316. The highest BCUT2D eigenvalue weighted by atomic mass is 32.2. The summed E-state index contributed by atoms with van der Waals surface area (Å²) >= 11 is 1.31. The molecule has 1 aromatic carbocycles. The van der Waals surface area contributed by atoms with E-state index in [4.69, 9.17) is 4.74 Å². The molecule has 146 valence electrons. The molecule has 1 heterocycles. The first-order chi connectivity index (χ1) is 12.9. The monoisotopic (exact) mass is 391 g/mol. The van der Waals surface area contributed by atoms with Gasteiger partial charge in [-0.05, 0) is 38.1 Å². The van der Waals surface area contributed by atoms with Crippen LogP contribution in [0.25, 0.3) is 11.4 Å². The van der Waals surface area contributed by atoms with Crippen LogP contribution in [0.3, 0.4) is 0 Å². The van der Waals surface area contributed by atoms with Gasteiger partial charge >= 0.3 is 0 Å². The van der Waals surface area contributed by atoms with Crippen LogP contribution in [0.4, 0.5) is 0 Å². The molecule has 8 nitrogen and oxygen atoms in total. The Morgan fingerprint density at radius 2 is 1.93 bits per heavy atom. The van der Waals surface area contributed by atoms with Crippen LogP contribution >= 0.6 is 11.8 Å². The maximum Gasteiger partial charge on any atom is 0.239 e. The van der Waals surface area contributed by atoms with E-state index in [1.165, 1.54) is 16.7 Å². The number of likely N-dealkylation sites (N-methyl/N-ethyl adjacent to an activating group) is 2. The van der Waals surface area contributed by atoms with E-state index >= 15 is 0 Å². The molecular formula is C18H25N5O3S. The average Bonchev–Trinajstić information content (AvgIpc) is 3.10. The smallest absolute Gasteiger partial charge is 0.239 e. The molecule has 0 bridgehead atoms. The number of aromatic nitrogens is 3. The summed E-state index contributed by atoms with van der Waals surface area (Å²) in [6.45, 7) is 4.11. The van der Waals surface area contributed by atoms with Gasteiger partial charge in [0, 0.05) is 25.7 Å². The van der Waals surface area contributed by atoms with E-state index < -0.39 is 0 Å². The Bertz CT molecular complexity index is 789. The van der Waals surface area contributed by atoms with Gasteiger partial charge in [0.2, 0.25) is 11.8 Å². The molecule has 0 unspecified atom stereocenters. The quantitative estimate of drug-likeness (QED) is 0.691. The van der Waals surface area contributed by atoms with Crippen LogP contribution in [-0.4, -0.2) is 65.0 Å². The van der Waals surface area contributed by atoms with Gasteiger partial charge in [0.15, 0.2) is 11.0 Å². The maximum absolute atomic E-state index is 12.3. The molecule has 0 saturated heterocycles. The first-order valence-corrected chi connectivity index (χ1v) is 9.52. The Kier molecular flexibility index (Phi) is 7.23. The molecule has 0 aliphatic carbocycles. The number of carbonyl (C=O) groups is 2. The number of hydrogen-bond donors (Lipinski definition) is 1. The lowest BCUT2D eigenvalue weighted by Crippen LogP contribution is -2.37. The Hall–Kier alpha value is -2.55. The summed E-state index contributed by atoms with van der Waals surface area (Å²) in [4.78, 5) is 25.0. The van der Waals surface area contributed by atoms with Crippen molar-refractivity contribution in [1.82, 2.24) is 25.0 Å². The van der Waals surface area contributed by atoms with Gasteiger partial charge in [0.05, 0.1) is 19.4 Å². The first-order valence-electron chi connectivity index (χ1n) is 8.54. The summed E-state index contributed by atoms with van der Waals surface area (Å²) in [5.41, 5.74) is 0.923. The largest absolute Gasteiger partial charge is 0.497 e. The molecule has 0 aliphatic heterocycles. The standard InChI is InChI=1S/C18H25N5O3S/c1-12(2)23-17(13-6-8-14(26-5)9-7-13)20-21-18(23)27-11-16(25)22(4)10-15(24)19-3/h6-9,12H,10-11H2,1-5H3,(H,19,24). The second-order valence-corrected chi connectivity index (χ2v) is 7.15. The van der Waals surface area contributed by atoms with E-state index in [9.17, 15) is 9.59 Å². The number of thioether (sulfide) groups is 1. The van der Waals surface area contributed by atoms with Crippen LogP contribution in [-0.2, 0) is 9.59 Å². The molecule has 0 aliphatic rings. The SMILES string of the molecule is CNC(=O)CN(C)C(=O)CSc1nnc(-c2ccc(OC)cc2)n1C(C)C. The Morgan fingerprint density at radius 1 is 1.26 bits per heavy atom. The lowest BCUT2D eigenvalue weighted by atomic mass is 10.2. The molecule has 1 N–H and O–H groups in total. The summed E-state index contributed by atoms with van der Waals surface area (Å²) in [6, 6.07) is 7.73. The normalized spacial score (nSPS) is 10.7. The van der Waals surface area contributed by atoms with Gasteiger partial charge in [-0.1, -0.05) is 11.8 Å². The van der Waals surface area contributed by atoms with Crippen LogP contribution in [0.2, 0.25) is 0 Å². The molecule has 9 heteroatoms. The predicted octanol–water partition coefficient (Wildman–Crippen LogP) is 1.83. The fourth-order valence-electron chi connectivity index (χ4n) is 2.40. The Morgan fingerprint density at radius 3 is 2.48 bits per heavy atom. The van der Waals surface area contributed by atoms with E-state index in [1.807, 2.05) is 42.7 Å². The van der Waals surface area contributed by atoms with Crippen molar-refractivity contribution in [3.63, 3.8) is 0 Å². The molecule has 0 spiro atoms. The molecule has 0 saturated carbocycles. The molecule has 0 atom stereocenters. The lowest BCUT2D eigenvalue weighted by molar-refractivity contribution is -0.132. The number of amides is 2. The zero-order chi connectivity index (χ0) is 20.0. The zero-order valence-electron chi connectivity index (χ0n) is 16.2. The Labute approximate surface area is 163 Å². The van der Waals surface area contributed by atoms with Gasteiger partial charge in [-0.2, -0.15) is 0 Å². The van der Waals surface area contributed by atoms with Crippen molar-refractivity contribution in [3.8, 4) is 17.1 Å². The number of nitrogens with zero attached hydrogens (tertiary/aromatic N) is 4. The third kappa shape index (κ3) is 5.22. The summed E-state index contributed by atoms with van der Waals surface area (Å²) in [7, 11) is 4.77. The number of hydrogen-bond acceptors (Lipinski definition) is 6. The van der Waals surface area contributed by atoms with Crippen molar-refractivity contribution < 1.29 is 14.3 Å². The molecule has 2 amide bonds. The summed E-state index contributed by atoms with van der Waals surface area (Å²) < 4.78 is 7.19. The van der Waals surface area contributed by atoms with E-state index in [0.29, 0.717) is 5.16 Å². The highest BCUT2D eigenvalue weighted by Gasteiger charge is 2.19. The van der Waals surface area contributed by atoms with Crippen LogP contribution in [0.5, 0.6) is 5.75 Å². The molecule has 1 aromatic heterocycles. The van der Waals surface area contributed by atoms with Crippen molar-refractivity contribution in [2.45, 2.75) is 25.0 Å². The highest BCUT2D eigenvalue weighted by Crippen LogP contribution is 2.28. The van der Waals surface area contributed by atoms with Crippen molar-refractivity contribution >= 4 is 23.6 Å². The van der Waals surface area contributed by atoms with Gasteiger partial charge in [-0.25, -0.2) is 0 Å². The van der Waals surface area contributed by atoms with Crippen molar-refractivity contribution in [2.24, 2.45) is 0 Å². The summed E-state index contributed by atoms with van der Waals surface area (Å²) in [6.07, 6.45) is 0. The highest BCUT2D eigenvalue weighted by molar-refractivity contribution is 7.99. The molecule has 0 fully saturated rings. The number of methoxy groups -OCH3 is 1. The lowest BCUT2D eigenvalue weighted by Gasteiger charge is -2.17. The molecular weight excluding hydrogens is 366 g/mol. The Balaban J connectivity index is 2.14. The molecule has 0 radical (unpaired) electrons. The van der Waals surface area contributed by atoms with Crippen LogP contribution in [0.1, 0.15) is 19.9 Å². The van der Waals surface area contributed by atoms with E-state index in [2.05, 4.69) is 15.5 Å². The van der Waals surface area contributed by atoms with Crippen LogP contribution in [0.15, 0.2) is 29.4 Å². The third-order valence-corrected chi connectivity index (χ3v) is 4.87. The molecule has 2 aromatic rings. The minimum atomic E-state index is -0.206. The number of nitrogens with one attached hydrogen (secondary N) is 1. The van der Waals surface area contributed by atoms with Crippen LogP contribution < -0.4 is 10.1 Å². The second-order valence-electron chi connectivity index (χ2n) is 6.21. The predicted molar refractivity (Wildman–Crippen MR) is 105 cm³/mol. The van der Waals surface area contributed by atoms with E-state index in [1.54, 1.807) is 21.2 Å². The first kappa shape index (κ1) is 20.8. The van der Waals surface area contributed by atoms with Gasteiger partial charge < -0.3 is 15.0 Å². The van der Waals surface area contributed by atoms with Crippen molar-refractivity contribution in [2.75, 3.05) is 33.5 Å². The van der Waals surface area contributed by atoms with Gasteiger partial charge in [-0.15, -0.1) is 10.2 Å².